The number of ether oxygens (including phenoxy) is 3. The highest BCUT2D eigenvalue weighted by Crippen LogP contribution is 2.31. The number of hydrogen-bond donors (Lipinski definition) is 0. The van der Waals surface area contributed by atoms with Gasteiger partial charge in [-0.25, -0.2) is 9.78 Å². The second-order valence-corrected chi connectivity index (χ2v) is 6.44. The van der Waals surface area contributed by atoms with Gasteiger partial charge in [0.1, 0.15) is 16.9 Å². The summed E-state index contributed by atoms with van der Waals surface area (Å²) in [6.45, 7) is 3.38. The standard InChI is InChI=1S/C17H19NO4S/c1-3-15-9-18-16(23-15)11-6-12(17(19)20-2)8-14(7-11)22-13-4-5-21-10-13/h6-9,13H,3-5,10H2,1-2H3/t13-/m0/s1. The van der Waals surface area contributed by atoms with E-state index < -0.39 is 0 Å². The average Bonchev–Trinajstić information content (AvgIpc) is 3.25. The summed E-state index contributed by atoms with van der Waals surface area (Å²) in [5.74, 6) is 0.262. The Balaban J connectivity index is 1.94. The van der Waals surface area contributed by atoms with Gasteiger partial charge in [-0.2, -0.15) is 0 Å². The van der Waals surface area contributed by atoms with Crippen molar-refractivity contribution in [3.63, 3.8) is 0 Å². The van der Waals surface area contributed by atoms with Crippen molar-refractivity contribution in [3.05, 3.63) is 34.8 Å². The van der Waals surface area contributed by atoms with E-state index in [9.17, 15) is 4.79 Å². The minimum atomic E-state index is -0.383. The molecule has 5 nitrogen and oxygen atoms in total. The molecule has 1 atom stereocenters. The summed E-state index contributed by atoms with van der Waals surface area (Å²) in [7, 11) is 1.37. The molecule has 6 heteroatoms. The molecule has 0 aliphatic carbocycles. The summed E-state index contributed by atoms with van der Waals surface area (Å²) in [6, 6.07) is 5.42. The summed E-state index contributed by atoms with van der Waals surface area (Å²) in [5.41, 5.74) is 1.33. The van der Waals surface area contributed by atoms with Crippen LogP contribution in [-0.2, 0) is 15.9 Å². The van der Waals surface area contributed by atoms with E-state index in [1.165, 1.54) is 12.0 Å². The smallest absolute Gasteiger partial charge is 0.338 e. The van der Waals surface area contributed by atoms with Crippen LogP contribution in [0.4, 0.5) is 0 Å². The number of thiazole rings is 1. The van der Waals surface area contributed by atoms with E-state index >= 15 is 0 Å². The monoisotopic (exact) mass is 333 g/mol. The maximum atomic E-state index is 11.9. The van der Waals surface area contributed by atoms with Gasteiger partial charge in [0.05, 0.1) is 25.9 Å². The van der Waals surface area contributed by atoms with Crippen LogP contribution in [0.15, 0.2) is 24.4 Å². The number of carbonyl (C=O) groups excluding carboxylic acids is 1. The number of carbonyl (C=O) groups is 1. The number of rotatable bonds is 5. The lowest BCUT2D eigenvalue weighted by molar-refractivity contribution is 0.0600. The van der Waals surface area contributed by atoms with E-state index in [0.29, 0.717) is 24.5 Å². The van der Waals surface area contributed by atoms with Crippen LogP contribution in [0.2, 0.25) is 0 Å². The normalized spacial score (nSPS) is 17.2. The average molecular weight is 333 g/mol. The fourth-order valence-corrected chi connectivity index (χ4v) is 3.27. The highest BCUT2D eigenvalue weighted by atomic mass is 32.1. The maximum absolute atomic E-state index is 11.9. The maximum Gasteiger partial charge on any atom is 0.338 e. The zero-order chi connectivity index (χ0) is 16.2. The SMILES string of the molecule is CCc1cnc(-c2cc(O[C@H]3CCOC3)cc(C(=O)OC)c2)s1. The Hall–Kier alpha value is -1.92. The van der Waals surface area contributed by atoms with Crippen molar-refractivity contribution >= 4 is 17.3 Å². The molecule has 0 unspecified atom stereocenters. The predicted molar refractivity (Wildman–Crippen MR) is 88.1 cm³/mol. The number of aromatic nitrogens is 1. The summed E-state index contributed by atoms with van der Waals surface area (Å²) in [5, 5.41) is 0.875. The third-order valence-electron chi connectivity index (χ3n) is 3.67. The molecular formula is C17H19NO4S. The summed E-state index contributed by atoms with van der Waals surface area (Å²) >= 11 is 1.62. The van der Waals surface area contributed by atoms with Crippen molar-refractivity contribution < 1.29 is 19.0 Å². The van der Waals surface area contributed by atoms with Gasteiger partial charge in [-0.15, -0.1) is 11.3 Å². The molecule has 0 bridgehead atoms. The Kier molecular flexibility index (Phi) is 4.93. The van der Waals surface area contributed by atoms with Crippen molar-refractivity contribution in [3.8, 4) is 16.3 Å². The lowest BCUT2D eigenvalue weighted by atomic mass is 10.1. The fourth-order valence-electron chi connectivity index (χ4n) is 2.43. The Labute approximate surface area is 139 Å². The van der Waals surface area contributed by atoms with Crippen molar-refractivity contribution in [1.29, 1.82) is 0 Å². The van der Waals surface area contributed by atoms with E-state index in [1.54, 1.807) is 23.5 Å². The number of methoxy groups -OCH3 is 1. The minimum Gasteiger partial charge on any atom is -0.488 e. The van der Waals surface area contributed by atoms with Crippen LogP contribution in [0.3, 0.4) is 0 Å². The zero-order valence-electron chi connectivity index (χ0n) is 13.2. The van der Waals surface area contributed by atoms with Gasteiger partial charge < -0.3 is 14.2 Å². The molecule has 1 saturated heterocycles. The Bertz CT molecular complexity index is 692. The Morgan fingerprint density at radius 1 is 1.43 bits per heavy atom. The molecule has 1 aliphatic rings. The Morgan fingerprint density at radius 2 is 2.30 bits per heavy atom. The van der Waals surface area contributed by atoms with Crippen LogP contribution in [0, 0.1) is 0 Å². The second-order valence-electron chi connectivity index (χ2n) is 5.33. The molecule has 2 aromatic rings. The Morgan fingerprint density at radius 3 is 2.96 bits per heavy atom. The molecular weight excluding hydrogens is 314 g/mol. The van der Waals surface area contributed by atoms with Gasteiger partial charge in [-0.1, -0.05) is 6.92 Å². The third kappa shape index (κ3) is 3.71. The molecule has 3 rings (SSSR count). The van der Waals surface area contributed by atoms with Gasteiger partial charge >= 0.3 is 5.97 Å². The molecule has 0 saturated carbocycles. The molecule has 1 aliphatic heterocycles. The largest absolute Gasteiger partial charge is 0.488 e. The number of nitrogens with zero attached hydrogens (tertiary/aromatic N) is 1. The van der Waals surface area contributed by atoms with Crippen molar-refractivity contribution in [2.45, 2.75) is 25.9 Å². The van der Waals surface area contributed by atoms with Crippen LogP contribution in [0.1, 0.15) is 28.6 Å². The van der Waals surface area contributed by atoms with Gasteiger partial charge in [-0.3, -0.25) is 0 Å². The molecule has 1 aromatic carbocycles. The minimum absolute atomic E-state index is 0.0262. The first-order chi connectivity index (χ1) is 11.2. The van der Waals surface area contributed by atoms with Crippen molar-refractivity contribution in [1.82, 2.24) is 4.98 Å². The topological polar surface area (TPSA) is 57.7 Å². The molecule has 0 amide bonds. The van der Waals surface area contributed by atoms with Crippen LogP contribution >= 0.6 is 11.3 Å². The highest BCUT2D eigenvalue weighted by Gasteiger charge is 2.19. The highest BCUT2D eigenvalue weighted by molar-refractivity contribution is 7.15. The first kappa shape index (κ1) is 16.0. The molecule has 23 heavy (non-hydrogen) atoms. The quantitative estimate of drug-likeness (QED) is 0.786. The van der Waals surface area contributed by atoms with E-state index in [1.807, 2.05) is 12.3 Å². The first-order valence-electron chi connectivity index (χ1n) is 7.62. The van der Waals surface area contributed by atoms with Crippen LogP contribution in [0.25, 0.3) is 10.6 Å². The van der Waals surface area contributed by atoms with Crippen LogP contribution < -0.4 is 4.74 Å². The molecule has 1 aromatic heterocycles. The molecule has 0 N–H and O–H groups in total. The number of esters is 1. The van der Waals surface area contributed by atoms with E-state index in [0.717, 1.165) is 23.4 Å². The number of hydrogen-bond acceptors (Lipinski definition) is 6. The summed E-state index contributed by atoms with van der Waals surface area (Å²) in [6.07, 6.45) is 3.70. The molecule has 0 spiro atoms. The lowest BCUT2D eigenvalue weighted by Gasteiger charge is -2.13. The molecule has 1 fully saturated rings. The predicted octanol–water partition coefficient (Wildman–Crippen LogP) is 3.33. The van der Waals surface area contributed by atoms with Gasteiger partial charge in [0.2, 0.25) is 0 Å². The summed E-state index contributed by atoms with van der Waals surface area (Å²) < 4.78 is 16.1. The van der Waals surface area contributed by atoms with Crippen LogP contribution in [-0.4, -0.2) is 37.4 Å². The summed E-state index contributed by atoms with van der Waals surface area (Å²) in [4.78, 5) is 17.6. The van der Waals surface area contributed by atoms with E-state index in [4.69, 9.17) is 14.2 Å². The lowest BCUT2D eigenvalue weighted by Crippen LogP contribution is -2.16. The second kappa shape index (κ2) is 7.10. The number of benzene rings is 1. The number of aryl methyl sites for hydroxylation is 1. The molecule has 2 heterocycles. The van der Waals surface area contributed by atoms with Gasteiger partial charge in [0, 0.05) is 23.1 Å². The fraction of sp³-hybridized carbons (Fsp3) is 0.412. The van der Waals surface area contributed by atoms with Gasteiger partial charge in [0.25, 0.3) is 0 Å². The zero-order valence-corrected chi connectivity index (χ0v) is 14.0. The van der Waals surface area contributed by atoms with E-state index in [-0.39, 0.29) is 12.1 Å². The molecule has 122 valence electrons. The van der Waals surface area contributed by atoms with Crippen LogP contribution in [0.5, 0.6) is 5.75 Å². The van der Waals surface area contributed by atoms with E-state index in [2.05, 4.69) is 11.9 Å². The third-order valence-corrected chi connectivity index (χ3v) is 4.86. The van der Waals surface area contributed by atoms with Crippen molar-refractivity contribution in [2.75, 3.05) is 20.3 Å². The first-order valence-corrected chi connectivity index (χ1v) is 8.44. The van der Waals surface area contributed by atoms with Gasteiger partial charge in [0.15, 0.2) is 0 Å². The molecule has 0 radical (unpaired) electrons. The van der Waals surface area contributed by atoms with Crippen molar-refractivity contribution in [2.24, 2.45) is 0 Å². The van der Waals surface area contributed by atoms with Gasteiger partial charge in [-0.05, 0) is 24.6 Å².